The summed E-state index contributed by atoms with van der Waals surface area (Å²) in [4.78, 5) is 25.8. The summed E-state index contributed by atoms with van der Waals surface area (Å²) < 4.78 is 23.4. The van der Waals surface area contributed by atoms with E-state index in [0.29, 0.717) is 10.6 Å². The zero-order chi connectivity index (χ0) is 20.6. The lowest BCUT2D eigenvalue weighted by atomic mass is 9.95. The fourth-order valence-corrected chi connectivity index (χ4v) is 5.80. The molecule has 0 aliphatic heterocycles. The number of benzene rings is 1. The lowest BCUT2D eigenvalue weighted by molar-refractivity contribution is 0.0963. The standard InChI is InChI=1S/C17H17Cl2N3O4S2/c1-21-16(24)14-8-4-2-3-5-12(8)27-17(14)22-15(23)9-6-13(28(20,25)26)11(19)7-10(9)18/h6-7H,2-5H2,1H3,(H,21,24)(H,22,23)(H2,20,25,26). The predicted molar refractivity (Wildman–Crippen MR) is 110 cm³/mol. The third-order valence-electron chi connectivity index (χ3n) is 4.43. The first kappa shape index (κ1) is 21.1. The normalized spacial score (nSPS) is 13.7. The number of amides is 2. The van der Waals surface area contributed by atoms with E-state index < -0.39 is 20.8 Å². The summed E-state index contributed by atoms with van der Waals surface area (Å²) in [6.07, 6.45) is 3.61. The van der Waals surface area contributed by atoms with Gasteiger partial charge in [0.1, 0.15) is 9.90 Å². The topological polar surface area (TPSA) is 118 Å². The Morgan fingerprint density at radius 3 is 2.43 bits per heavy atom. The Hall–Kier alpha value is -1.65. The number of hydrogen-bond acceptors (Lipinski definition) is 5. The van der Waals surface area contributed by atoms with Crippen LogP contribution in [0.4, 0.5) is 5.00 Å². The minimum absolute atomic E-state index is 0.0299. The van der Waals surface area contributed by atoms with Crippen LogP contribution in [0, 0.1) is 0 Å². The highest BCUT2D eigenvalue weighted by molar-refractivity contribution is 7.89. The van der Waals surface area contributed by atoms with E-state index in [9.17, 15) is 18.0 Å². The highest BCUT2D eigenvalue weighted by Gasteiger charge is 2.27. The van der Waals surface area contributed by atoms with Gasteiger partial charge in [0.25, 0.3) is 11.8 Å². The molecule has 1 aliphatic carbocycles. The third-order valence-corrected chi connectivity index (χ3v) is 7.32. The maximum absolute atomic E-state index is 12.8. The van der Waals surface area contributed by atoms with Crippen LogP contribution in [0.2, 0.25) is 10.0 Å². The van der Waals surface area contributed by atoms with E-state index in [1.165, 1.54) is 18.4 Å². The number of nitrogens with one attached hydrogen (secondary N) is 2. The molecule has 0 radical (unpaired) electrons. The second-order valence-electron chi connectivity index (χ2n) is 6.26. The molecule has 3 rings (SSSR count). The number of nitrogens with two attached hydrogens (primary N) is 1. The molecule has 28 heavy (non-hydrogen) atoms. The van der Waals surface area contributed by atoms with Gasteiger partial charge in [-0.25, -0.2) is 13.6 Å². The van der Waals surface area contributed by atoms with Crippen molar-refractivity contribution in [2.75, 3.05) is 12.4 Å². The molecule has 0 saturated heterocycles. The minimum atomic E-state index is -4.14. The molecule has 0 spiro atoms. The number of anilines is 1. The van der Waals surface area contributed by atoms with Gasteiger partial charge in [0.05, 0.1) is 21.2 Å². The van der Waals surface area contributed by atoms with Gasteiger partial charge in [-0.1, -0.05) is 23.2 Å². The van der Waals surface area contributed by atoms with Gasteiger partial charge in [0, 0.05) is 11.9 Å². The smallest absolute Gasteiger partial charge is 0.257 e. The highest BCUT2D eigenvalue weighted by atomic mass is 35.5. The molecule has 150 valence electrons. The van der Waals surface area contributed by atoms with Gasteiger partial charge in [-0.15, -0.1) is 11.3 Å². The Morgan fingerprint density at radius 1 is 1.11 bits per heavy atom. The summed E-state index contributed by atoms with van der Waals surface area (Å²) in [5, 5.41) is 10.6. The van der Waals surface area contributed by atoms with Crippen LogP contribution >= 0.6 is 34.5 Å². The monoisotopic (exact) mass is 461 g/mol. The summed E-state index contributed by atoms with van der Waals surface area (Å²) in [7, 11) is -2.62. The van der Waals surface area contributed by atoms with E-state index in [4.69, 9.17) is 28.3 Å². The van der Waals surface area contributed by atoms with Gasteiger partial charge in [0.15, 0.2) is 0 Å². The van der Waals surface area contributed by atoms with Crippen molar-refractivity contribution in [2.45, 2.75) is 30.6 Å². The minimum Gasteiger partial charge on any atom is -0.355 e. The lowest BCUT2D eigenvalue weighted by Crippen LogP contribution is -2.22. The number of aryl methyl sites for hydroxylation is 1. The maximum atomic E-state index is 12.8. The number of halogens is 2. The first-order chi connectivity index (χ1) is 13.1. The van der Waals surface area contributed by atoms with Gasteiger partial charge in [-0.2, -0.15) is 0 Å². The van der Waals surface area contributed by atoms with Crippen molar-refractivity contribution in [3.05, 3.63) is 43.7 Å². The number of fused-ring (bicyclic) bond motifs is 1. The molecular weight excluding hydrogens is 445 g/mol. The zero-order valence-corrected chi connectivity index (χ0v) is 17.9. The first-order valence-electron chi connectivity index (χ1n) is 8.33. The van der Waals surface area contributed by atoms with Crippen LogP contribution in [-0.2, 0) is 22.9 Å². The molecule has 1 heterocycles. The molecule has 1 aromatic carbocycles. The number of thiophene rings is 1. The second kappa shape index (κ2) is 8.00. The van der Waals surface area contributed by atoms with Crippen molar-refractivity contribution in [3.8, 4) is 0 Å². The molecule has 0 unspecified atom stereocenters. The van der Waals surface area contributed by atoms with E-state index in [0.717, 1.165) is 48.3 Å². The van der Waals surface area contributed by atoms with Crippen molar-refractivity contribution < 1.29 is 18.0 Å². The third kappa shape index (κ3) is 4.04. The van der Waals surface area contributed by atoms with Gasteiger partial charge < -0.3 is 10.6 Å². The number of rotatable bonds is 4. The van der Waals surface area contributed by atoms with Crippen molar-refractivity contribution in [1.29, 1.82) is 0 Å². The van der Waals surface area contributed by atoms with Crippen LogP contribution < -0.4 is 15.8 Å². The average Bonchev–Trinajstić information content (AvgIpc) is 2.97. The summed E-state index contributed by atoms with van der Waals surface area (Å²) in [5.74, 6) is -0.947. The molecule has 4 N–H and O–H groups in total. The largest absolute Gasteiger partial charge is 0.355 e. The summed E-state index contributed by atoms with van der Waals surface area (Å²) in [5.41, 5.74) is 1.27. The summed E-state index contributed by atoms with van der Waals surface area (Å²) >= 11 is 13.3. The Bertz CT molecular complexity index is 1080. The number of primary sulfonamides is 1. The van der Waals surface area contributed by atoms with Crippen LogP contribution in [0.15, 0.2) is 17.0 Å². The number of hydrogen-bond donors (Lipinski definition) is 3. The van der Waals surface area contributed by atoms with E-state index in [-0.39, 0.29) is 21.5 Å². The van der Waals surface area contributed by atoms with E-state index in [1.807, 2.05) is 0 Å². The van der Waals surface area contributed by atoms with Crippen LogP contribution in [0.1, 0.15) is 44.0 Å². The number of carbonyl (C=O) groups excluding carboxylic acids is 2. The van der Waals surface area contributed by atoms with Gasteiger partial charge in [-0.05, 0) is 43.4 Å². The zero-order valence-electron chi connectivity index (χ0n) is 14.8. The Kier molecular flexibility index (Phi) is 6.02. The summed E-state index contributed by atoms with van der Waals surface area (Å²) in [6, 6.07) is 2.18. The van der Waals surface area contributed by atoms with Gasteiger partial charge >= 0.3 is 0 Å². The van der Waals surface area contributed by atoms with E-state index in [2.05, 4.69) is 10.6 Å². The molecule has 0 fully saturated rings. The molecule has 1 aliphatic rings. The molecule has 1 aromatic heterocycles. The van der Waals surface area contributed by atoms with Gasteiger partial charge in [0.2, 0.25) is 10.0 Å². The average molecular weight is 462 g/mol. The molecule has 0 saturated carbocycles. The molecule has 2 amide bonds. The van der Waals surface area contributed by atoms with Crippen LogP contribution in [-0.4, -0.2) is 27.3 Å². The number of sulfonamides is 1. The SMILES string of the molecule is CNC(=O)c1c(NC(=O)c2cc(S(N)(=O)=O)c(Cl)cc2Cl)sc2c1CCCC2. The maximum Gasteiger partial charge on any atom is 0.257 e. The van der Waals surface area contributed by atoms with Crippen molar-refractivity contribution in [3.63, 3.8) is 0 Å². The van der Waals surface area contributed by atoms with Crippen molar-refractivity contribution in [2.24, 2.45) is 5.14 Å². The lowest BCUT2D eigenvalue weighted by Gasteiger charge is -2.12. The first-order valence-corrected chi connectivity index (χ1v) is 11.4. The molecule has 2 aromatic rings. The quantitative estimate of drug-likeness (QED) is 0.647. The predicted octanol–water partition coefficient (Wildman–Crippen LogP) is 3.19. The second-order valence-corrected chi connectivity index (χ2v) is 9.71. The van der Waals surface area contributed by atoms with Crippen molar-refractivity contribution >= 4 is 61.4 Å². The molecule has 7 nitrogen and oxygen atoms in total. The van der Waals surface area contributed by atoms with Crippen LogP contribution in [0.5, 0.6) is 0 Å². The fraction of sp³-hybridized carbons (Fsp3) is 0.294. The molecule has 11 heteroatoms. The Balaban J connectivity index is 2.03. The fourth-order valence-electron chi connectivity index (χ4n) is 3.11. The molecule has 0 bridgehead atoms. The Morgan fingerprint density at radius 2 is 1.79 bits per heavy atom. The molecular formula is C17H17Cl2N3O4S2. The van der Waals surface area contributed by atoms with Crippen molar-refractivity contribution in [1.82, 2.24) is 5.32 Å². The summed E-state index contributed by atoms with van der Waals surface area (Å²) in [6.45, 7) is 0. The number of carbonyl (C=O) groups is 2. The van der Waals surface area contributed by atoms with Crippen LogP contribution in [0.25, 0.3) is 0 Å². The van der Waals surface area contributed by atoms with E-state index >= 15 is 0 Å². The molecule has 0 atom stereocenters. The highest BCUT2D eigenvalue weighted by Crippen LogP contribution is 2.38. The van der Waals surface area contributed by atoms with Gasteiger partial charge in [-0.3, -0.25) is 9.59 Å². The van der Waals surface area contributed by atoms with E-state index in [1.54, 1.807) is 0 Å². The Labute approximate surface area is 176 Å². The van der Waals surface area contributed by atoms with Crippen LogP contribution in [0.3, 0.4) is 0 Å².